The summed E-state index contributed by atoms with van der Waals surface area (Å²) in [7, 11) is 0. The predicted octanol–water partition coefficient (Wildman–Crippen LogP) is 4.22. The number of aromatic nitrogens is 1. The van der Waals surface area contributed by atoms with Gasteiger partial charge in [0.1, 0.15) is 10.8 Å². The van der Waals surface area contributed by atoms with E-state index in [-0.39, 0.29) is 11.4 Å². The van der Waals surface area contributed by atoms with Crippen molar-refractivity contribution in [2.45, 2.75) is 46.1 Å². The van der Waals surface area contributed by atoms with Crippen molar-refractivity contribution in [3.05, 3.63) is 51.2 Å². The van der Waals surface area contributed by atoms with Crippen LogP contribution in [0.4, 0.5) is 4.39 Å². The van der Waals surface area contributed by atoms with Gasteiger partial charge in [-0.3, -0.25) is 0 Å². The number of hydrogen-bond acceptors (Lipinski definition) is 3. The molecule has 0 aliphatic rings. The standard InChI is InChI=1S/C17H23FN2S/c1-5-15-12(3)21-16(20-15)17(4,19-6-2)11-13-9-7-8-10-14(13)18/h7-10,19H,5-6,11H2,1-4H3. The van der Waals surface area contributed by atoms with Crippen LogP contribution < -0.4 is 5.32 Å². The number of aryl methyl sites for hydroxylation is 2. The molecule has 2 aromatic rings. The van der Waals surface area contributed by atoms with Gasteiger partial charge in [0.15, 0.2) is 0 Å². The van der Waals surface area contributed by atoms with Gasteiger partial charge < -0.3 is 5.32 Å². The Labute approximate surface area is 130 Å². The van der Waals surface area contributed by atoms with Crippen LogP contribution in [0.2, 0.25) is 0 Å². The van der Waals surface area contributed by atoms with Crippen LogP contribution in [-0.4, -0.2) is 11.5 Å². The minimum atomic E-state index is -0.334. The Hall–Kier alpha value is -1.26. The SMILES string of the molecule is CCNC(C)(Cc1ccccc1F)c1nc(CC)c(C)s1. The van der Waals surface area contributed by atoms with E-state index in [2.05, 4.69) is 33.0 Å². The number of benzene rings is 1. The summed E-state index contributed by atoms with van der Waals surface area (Å²) < 4.78 is 14.0. The highest BCUT2D eigenvalue weighted by atomic mass is 32.1. The van der Waals surface area contributed by atoms with Crippen molar-refractivity contribution in [2.75, 3.05) is 6.54 Å². The van der Waals surface area contributed by atoms with E-state index in [0.29, 0.717) is 6.42 Å². The van der Waals surface area contributed by atoms with E-state index in [1.807, 2.05) is 12.1 Å². The van der Waals surface area contributed by atoms with Crippen LogP contribution in [0.5, 0.6) is 0 Å². The lowest BCUT2D eigenvalue weighted by atomic mass is 9.93. The summed E-state index contributed by atoms with van der Waals surface area (Å²) in [5.74, 6) is -0.148. The van der Waals surface area contributed by atoms with Gasteiger partial charge in [-0.15, -0.1) is 11.3 Å². The molecule has 0 aliphatic heterocycles. The number of nitrogens with one attached hydrogen (secondary N) is 1. The highest BCUT2D eigenvalue weighted by Crippen LogP contribution is 2.31. The molecule has 21 heavy (non-hydrogen) atoms. The van der Waals surface area contributed by atoms with Crippen molar-refractivity contribution in [2.24, 2.45) is 0 Å². The lowest BCUT2D eigenvalue weighted by Gasteiger charge is -2.29. The van der Waals surface area contributed by atoms with Gasteiger partial charge in [-0.2, -0.15) is 0 Å². The molecule has 1 aromatic heterocycles. The average molecular weight is 306 g/mol. The second-order valence-electron chi connectivity index (χ2n) is 5.51. The van der Waals surface area contributed by atoms with Crippen LogP contribution in [-0.2, 0) is 18.4 Å². The highest BCUT2D eigenvalue weighted by molar-refractivity contribution is 7.11. The summed E-state index contributed by atoms with van der Waals surface area (Å²) >= 11 is 1.71. The third-order valence-corrected chi connectivity index (χ3v) is 5.05. The molecule has 1 heterocycles. The number of likely N-dealkylation sites (N-methyl/N-ethyl adjacent to an activating group) is 1. The number of nitrogens with zero attached hydrogens (tertiary/aromatic N) is 1. The highest BCUT2D eigenvalue weighted by Gasteiger charge is 2.31. The smallest absolute Gasteiger partial charge is 0.126 e. The van der Waals surface area contributed by atoms with E-state index in [9.17, 15) is 4.39 Å². The average Bonchev–Trinajstić information content (AvgIpc) is 2.84. The topological polar surface area (TPSA) is 24.9 Å². The van der Waals surface area contributed by atoms with Crippen molar-refractivity contribution in [3.8, 4) is 0 Å². The fourth-order valence-corrected chi connectivity index (χ4v) is 3.74. The second kappa shape index (κ2) is 6.67. The van der Waals surface area contributed by atoms with E-state index in [4.69, 9.17) is 4.98 Å². The normalized spacial score (nSPS) is 14.1. The first-order valence-corrected chi connectivity index (χ1v) is 8.27. The molecule has 0 radical (unpaired) electrons. The number of halogens is 1. The Balaban J connectivity index is 2.37. The molecule has 0 bridgehead atoms. The summed E-state index contributed by atoms with van der Waals surface area (Å²) in [4.78, 5) is 6.03. The molecule has 2 nitrogen and oxygen atoms in total. The van der Waals surface area contributed by atoms with E-state index in [0.717, 1.165) is 29.2 Å². The molecule has 0 saturated carbocycles. The molecule has 0 spiro atoms. The van der Waals surface area contributed by atoms with Gasteiger partial charge in [0.25, 0.3) is 0 Å². The maximum absolute atomic E-state index is 14.0. The number of hydrogen-bond donors (Lipinski definition) is 1. The molecule has 0 fully saturated rings. The summed E-state index contributed by atoms with van der Waals surface area (Å²) in [5, 5.41) is 4.54. The second-order valence-corrected chi connectivity index (χ2v) is 6.71. The monoisotopic (exact) mass is 306 g/mol. The lowest BCUT2D eigenvalue weighted by molar-refractivity contribution is 0.365. The zero-order chi connectivity index (χ0) is 15.5. The van der Waals surface area contributed by atoms with Crippen LogP contribution in [0.1, 0.15) is 41.9 Å². The van der Waals surface area contributed by atoms with E-state index in [1.165, 1.54) is 10.9 Å². The molecule has 4 heteroatoms. The number of rotatable bonds is 6. The van der Waals surface area contributed by atoms with Crippen LogP contribution >= 0.6 is 11.3 Å². The van der Waals surface area contributed by atoms with Crippen molar-refractivity contribution >= 4 is 11.3 Å². The lowest BCUT2D eigenvalue weighted by Crippen LogP contribution is -2.41. The molecule has 1 aromatic carbocycles. The molecule has 1 unspecified atom stereocenters. The van der Waals surface area contributed by atoms with E-state index in [1.54, 1.807) is 17.4 Å². The van der Waals surface area contributed by atoms with Crippen molar-refractivity contribution in [1.82, 2.24) is 10.3 Å². The molecule has 1 atom stereocenters. The summed E-state index contributed by atoms with van der Waals surface area (Å²) in [6.45, 7) is 9.23. The van der Waals surface area contributed by atoms with Gasteiger partial charge in [-0.1, -0.05) is 32.0 Å². The molecule has 0 saturated heterocycles. The predicted molar refractivity (Wildman–Crippen MR) is 87.4 cm³/mol. The van der Waals surface area contributed by atoms with Gasteiger partial charge in [-0.05, 0) is 44.9 Å². The van der Waals surface area contributed by atoms with E-state index >= 15 is 0 Å². The van der Waals surface area contributed by atoms with Crippen molar-refractivity contribution < 1.29 is 4.39 Å². The van der Waals surface area contributed by atoms with Crippen molar-refractivity contribution in [3.63, 3.8) is 0 Å². The van der Waals surface area contributed by atoms with Gasteiger partial charge in [0.2, 0.25) is 0 Å². The maximum atomic E-state index is 14.0. The largest absolute Gasteiger partial charge is 0.306 e. The third kappa shape index (κ3) is 3.50. The van der Waals surface area contributed by atoms with Crippen LogP contribution in [0.25, 0.3) is 0 Å². The molecule has 2 rings (SSSR count). The van der Waals surface area contributed by atoms with Crippen molar-refractivity contribution in [1.29, 1.82) is 0 Å². The Bertz CT molecular complexity index is 609. The minimum Gasteiger partial charge on any atom is -0.306 e. The summed E-state index contributed by atoms with van der Waals surface area (Å²) in [6.07, 6.45) is 1.54. The van der Waals surface area contributed by atoms with Gasteiger partial charge >= 0.3 is 0 Å². The molecular formula is C17H23FN2S. The molecule has 114 valence electrons. The first-order chi connectivity index (χ1) is 10.00. The first kappa shape index (κ1) is 16.1. The Morgan fingerprint density at radius 3 is 2.57 bits per heavy atom. The zero-order valence-corrected chi connectivity index (χ0v) is 14.0. The molecule has 0 amide bonds. The Kier molecular flexibility index (Phi) is 5.12. The molecule has 0 aliphatic carbocycles. The van der Waals surface area contributed by atoms with Gasteiger partial charge in [-0.25, -0.2) is 9.37 Å². The Morgan fingerprint density at radius 2 is 2.00 bits per heavy atom. The van der Waals surface area contributed by atoms with Gasteiger partial charge in [0, 0.05) is 4.88 Å². The fourth-order valence-electron chi connectivity index (χ4n) is 2.62. The fraction of sp³-hybridized carbons (Fsp3) is 0.471. The van der Waals surface area contributed by atoms with Crippen LogP contribution in [0.3, 0.4) is 0 Å². The Morgan fingerprint density at radius 1 is 1.29 bits per heavy atom. The maximum Gasteiger partial charge on any atom is 0.126 e. The summed E-state index contributed by atoms with van der Waals surface area (Å²) in [5.41, 5.74) is 1.54. The van der Waals surface area contributed by atoms with Crippen LogP contribution in [0, 0.1) is 12.7 Å². The molecular weight excluding hydrogens is 283 g/mol. The van der Waals surface area contributed by atoms with Gasteiger partial charge in [0.05, 0.1) is 11.2 Å². The van der Waals surface area contributed by atoms with Crippen LogP contribution in [0.15, 0.2) is 24.3 Å². The number of thiazole rings is 1. The third-order valence-electron chi connectivity index (χ3n) is 3.77. The quantitative estimate of drug-likeness (QED) is 0.864. The zero-order valence-electron chi connectivity index (χ0n) is 13.2. The first-order valence-electron chi connectivity index (χ1n) is 7.45. The van der Waals surface area contributed by atoms with E-state index < -0.39 is 0 Å². The minimum absolute atomic E-state index is 0.148. The summed E-state index contributed by atoms with van der Waals surface area (Å²) in [6, 6.07) is 6.99. The molecule has 1 N–H and O–H groups in total.